The molecule has 3 N–H and O–H groups in total. The Balaban J connectivity index is 1.30. The highest BCUT2D eigenvalue weighted by molar-refractivity contribution is 5.77. The maximum absolute atomic E-state index is 9.44. The summed E-state index contributed by atoms with van der Waals surface area (Å²) in [5.74, 6) is 2.02. The minimum Gasteiger partial charge on any atom is -0.384 e. The highest BCUT2D eigenvalue weighted by Crippen LogP contribution is 2.39. The van der Waals surface area contributed by atoms with Crippen LogP contribution in [-0.2, 0) is 0 Å². The second kappa shape index (κ2) is 10.0. The lowest BCUT2D eigenvalue weighted by Gasteiger charge is -2.29. The van der Waals surface area contributed by atoms with Crippen molar-refractivity contribution in [2.45, 2.75) is 56.8 Å². The average molecular weight is 451 g/mol. The summed E-state index contributed by atoms with van der Waals surface area (Å²) in [4.78, 5) is 4.31. The van der Waals surface area contributed by atoms with Crippen molar-refractivity contribution in [3.8, 4) is 6.07 Å². The van der Waals surface area contributed by atoms with Crippen LogP contribution in [0.3, 0.4) is 0 Å². The first kappa shape index (κ1) is 22.1. The van der Waals surface area contributed by atoms with E-state index >= 15 is 0 Å². The van der Waals surface area contributed by atoms with Crippen LogP contribution < -0.4 is 5.73 Å². The summed E-state index contributed by atoms with van der Waals surface area (Å²) in [5, 5.41) is 20.6. The third-order valence-electron chi connectivity index (χ3n) is 7.36. The van der Waals surface area contributed by atoms with Gasteiger partial charge in [-0.3, -0.25) is 0 Å². The van der Waals surface area contributed by atoms with Crippen molar-refractivity contribution in [2.75, 3.05) is 5.73 Å². The van der Waals surface area contributed by atoms with Crippen molar-refractivity contribution >= 4 is 17.0 Å². The Morgan fingerprint density at radius 1 is 1.00 bits per heavy atom. The lowest BCUT2D eigenvalue weighted by atomic mass is 9.76. The summed E-state index contributed by atoms with van der Waals surface area (Å²) >= 11 is 0. The van der Waals surface area contributed by atoms with Crippen LogP contribution in [0.4, 0.5) is 5.82 Å². The van der Waals surface area contributed by atoms with Gasteiger partial charge in [0.2, 0.25) is 5.65 Å². The van der Waals surface area contributed by atoms with Crippen molar-refractivity contribution in [2.24, 2.45) is 5.92 Å². The number of H-pyrrole nitrogens is 1. The molecule has 0 saturated heterocycles. The topological polar surface area (TPSA) is 104 Å². The van der Waals surface area contributed by atoms with E-state index in [4.69, 9.17) is 5.73 Å². The molecule has 6 heteroatoms. The number of aromatic amines is 1. The number of hydrogen-bond acceptors (Lipinski definition) is 5. The maximum atomic E-state index is 9.44. The molecule has 2 aromatic heterocycles. The van der Waals surface area contributed by atoms with Crippen LogP contribution in [0, 0.1) is 17.2 Å². The van der Waals surface area contributed by atoms with Gasteiger partial charge in [0.15, 0.2) is 0 Å². The number of anilines is 1. The fraction of sp³-hybridized carbons (Fsp3) is 0.357. The largest absolute Gasteiger partial charge is 0.384 e. The molecule has 34 heavy (non-hydrogen) atoms. The molecular weight excluding hydrogens is 420 g/mol. The molecule has 1 saturated carbocycles. The quantitative estimate of drug-likeness (QED) is 0.355. The molecule has 0 radical (unpaired) electrons. The van der Waals surface area contributed by atoms with E-state index in [1.807, 2.05) is 24.3 Å². The second-order valence-corrected chi connectivity index (χ2v) is 9.48. The number of rotatable bonds is 7. The van der Waals surface area contributed by atoms with Crippen molar-refractivity contribution in [3.05, 3.63) is 82.9 Å². The monoisotopic (exact) mass is 450 g/mol. The number of pyridine rings is 1. The molecular formula is C28H30N6. The van der Waals surface area contributed by atoms with E-state index in [-0.39, 0.29) is 5.92 Å². The van der Waals surface area contributed by atoms with E-state index < -0.39 is 0 Å². The molecule has 0 aliphatic heterocycles. The van der Waals surface area contributed by atoms with Gasteiger partial charge in [-0.15, -0.1) is 5.10 Å². The summed E-state index contributed by atoms with van der Waals surface area (Å²) in [6.45, 7) is 0. The zero-order chi connectivity index (χ0) is 23.3. The number of fused-ring (bicyclic) bond motifs is 1. The van der Waals surface area contributed by atoms with Crippen LogP contribution in [-0.4, -0.2) is 20.4 Å². The van der Waals surface area contributed by atoms with E-state index in [2.05, 4.69) is 62.9 Å². The standard InChI is InChI=1S/C28H30N6/c29-18-20-7-4-10-23(16-20)24(25-17-26(30)31-28-27(25)32-34-33-28)11-5-6-19-12-14-22(15-13-19)21-8-2-1-3-9-21/h1-4,7-10,16-17,19,22,24H,5-6,11-15H2,(H3,30,31,32,33,34). The molecule has 1 unspecified atom stereocenters. The zero-order valence-corrected chi connectivity index (χ0v) is 19.3. The third-order valence-corrected chi connectivity index (χ3v) is 7.36. The fourth-order valence-corrected chi connectivity index (χ4v) is 5.59. The minimum absolute atomic E-state index is 0.0897. The Bertz CT molecular complexity index is 1280. The SMILES string of the molecule is N#Cc1cccc(C(CCCC2CCC(c3ccccc3)CC2)c2cc(N)nc3n[nH]nc23)c1. The van der Waals surface area contributed by atoms with Gasteiger partial charge in [-0.1, -0.05) is 55.3 Å². The third kappa shape index (κ3) is 4.79. The lowest BCUT2D eigenvalue weighted by Crippen LogP contribution is -2.14. The molecule has 0 bridgehead atoms. The number of nitrogen functional groups attached to an aromatic ring is 1. The summed E-state index contributed by atoms with van der Waals surface area (Å²) in [5.41, 5.74) is 11.7. The fourth-order valence-electron chi connectivity index (χ4n) is 5.59. The Hall–Kier alpha value is -3.72. The van der Waals surface area contributed by atoms with E-state index in [9.17, 15) is 5.26 Å². The predicted molar refractivity (Wildman–Crippen MR) is 134 cm³/mol. The van der Waals surface area contributed by atoms with Gasteiger partial charge >= 0.3 is 0 Å². The van der Waals surface area contributed by atoms with E-state index in [0.29, 0.717) is 22.9 Å². The van der Waals surface area contributed by atoms with Gasteiger partial charge in [-0.2, -0.15) is 15.6 Å². The van der Waals surface area contributed by atoms with Crippen LogP contribution in [0.15, 0.2) is 60.7 Å². The van der Waals surface area contributed by atoms with E-state index in [0.717, 1.165) is 35.4 Å². The van der Waals surface area contributed by atoms with E-state index in [1.165, 1.54) is 37.7 Å². The normalized spacial score (nSPS) is 19.0. The molecule has 0 amide bonds. The Morgan fingerprint density at radius 3 is 2.62 bits per heavy atom. The number of nitriles is 1. The van der Waals surface area contributed by atoms with Crippen molar-refractivity contribution in [1.82, 2.24) is 20.4 Å². The lowest BCUT2D eigenvalue weighted by molar-refractivity contribution is 0.301. The molecule has 2 heterocycles. The first-order chi connectivity index (χ1) is 16.7. The van der Waals surface area contributed by atoms with Crippen molar-refractivity contribution in [1.29, 1.82) is 5.26 Å². The summed E-state index contributed by atoms with van der Waals surface area (Å²) in [6, 6.07) is 23.0. The van der Waals surface area contributed by atoms with Gasteiger partial charge in [0.25, 0.3) is 0 Å². The van der Waals surface area contributed by atoms with Gasteiger partial charge in [0.05, 0.1) is 11.6 Å². The molecule has 6 nitrogen and oxygen atoms in total. The Morgan fingerprint density at radius 2 is 1.82 bits per heavy atom. The number of benzene rings is 2. The first-order valence-corrected chi connectivity index (χ1v) is 12.2. The number of nitrogens with one attached hydrogen (secondary N) is 1. The van der Waals surface area contributed by atoms with Gasteiger partial charge < -0.3 is 5.73 Å². The number of nitrogens with two attached hydrogens (primary N) is 1. The predicted octanol–water partition coefficient (Wildman–Crippen LogP) is 6.08. The molecule has 1 fully saturated rings. The van der Waals surface area contributed by atoms with Gasteiger partial charge in [-0.05, 0) is 78.8 Å². The molecule has 2 aromatic carbocycles. The molecule has 5 rings (SSSR count). The van der Waals surface area contributed by atoms with Crippen LogP contribution in [0.5, 0.6) is 0 Å². The Labute approximate surface area is 200 Å². The van der Waals surface area contributed by atoms with Crippen LogP contribution in [0.2, 0.25) is 0 Å². The van der Waals surface area contributed by atoms with Crippen LogP contribution in [0.1, 0.15) is 79.0 Å². The first-order valence-electron chi connectivity index (χ1n) is 12.2. The Kier molecular flexibility index (Phi) is 6.53. The zero-order valence-electron chi connectivity index (χ0n) is 19.3. The maximum Gasteiger partial charge on any atom is 0.203 e. The van der Waals surface area contributed by atoms with E-state index in [1.54, 1.807) is 0 Å². The molecule has 4 aromatic rings. The number of aromatic nitrogens is 4. The molecule has 0 spiro atoms. The molecule has 172 valence electrons. The van der Waals surface area contributed by atoms with Gasteiger partial charge in [0.1, 0.15) is 11.3 Å². The summed E-state index contributed by atoms with van der Waals surface area (Å²) in [7, 11) is 0. The molecule has 1 aliphatic carbocycles. The highest BCUT2D eigenvalue weighted by atomic mass is 15.3. The second-order valence-electron chi connectivity index (χ2n) is 9.48. The average Bonchev–Trinajstić information content (AvgIpc) is 3.36. The van der Waals surface area contributed by atoms with Crippen LogP contribution >= 0.6 is 0 Å². The number of nitrogens with zero attached hydrogens (tertiary/aromatic N) is 4. The van der Waals surface area contributed by atoms with Crippen molar-refractivity contribution < 1.29 is 0 Å². The van der Waals surface area contributed by atoms with Crippen molar-refractivity contribution in [3.63, 3.8) is 0 Å². The highest BCUT2D eigenvalue weighted by Gasteiger charge is 2.24. The number of hydrogen-bond donors (Lipinski definition) is 2. The van der Waals surface area contributed by atoms with Gasteiger partial charge in [-0.25, -0.2) is 4.98 Å². The summed E-state index contributed by atoms with van der Waals surface area (Å²) < 4.78 is 0. The summed E-state index contributed by atoms with van der Waals surface area (Å²) in [6.07, 6.45) is 8.46. The molecule has 1 aliphatic rings. The van der Waals surface area contributed by atoms with Gasteiger partial charge in [0, 0.05) is 5.92 Å². The van der Waals surface area contributed by atoms with Crippen LogP contribution in [0.25, 0.3) is 11.2 Å². The minimum atomic E-state index is 0.0897. The molecule has 1 atom stereocenters. The smallest absolute Gasteiger partial charge is 0.203 e.